The number of carbonyl (C=O) groups is 1. The molecule has 2 N–H and O–H groups in total. The van der Waals surface area contributed by atoms with E-state index in [-0.39, 0.29) is 29.7 Å². The molecule has 3 heterocycles. The van der Waals surface area contributed by atoms with Crippen molar-refractivity contribution in [3.05, 3.63) is 54.1 Å². The quantitative estimate of drug-likeness (QED) is 0.625. The Morgan fingerprint density at radius 3 is 2.53 bits per heavy atom. The number of para-hydroxylation sites is 1. The third-order valence-corrected chi connectivity index (χ3v) is 5.21. The Bertz CT molecular complexity index is 1030. The molecule has 1 fully saturated rings. The summed E-state index contributed by atoms with van der Waals surface area (Å²) in [4.78, 5) is 32.2. The van der Waals surface area contributed by atoms with Gasteiger partial charge >= 0.3 is 6.01 Å². The largest absolute Gasteiger partial charge is 0.467 e. The van der Waals surface area contributed by atoms with Gasteiger partial charge in [0.15, 0.2) is 11.6 Å². The van der Waals surface area contributed by atoms with Crippen molar-refractivity contribution in [3.63, 3.8) is 0 Å². The maximum Gasteiger partial charge on any atom is 0.316 e. The number of hydrogen-bond acceptors (Lipinski definition) is 8. The minimum absolute atomic E-state index is 0.119. The van der Waals surface area contributed by atoms with E-state index < -0.39 is 0 Å². The molecule has 8 nitrogen and oxygen atoms in total. The second-order valence-corrected chi connectivity index (χ2v) is 7.22. The van der Waals surface area contributed by atoms with Crippen LogP contribution >= 0.6 is 0 Å². The van der Waals surface area contributed by atoms with Crippen LogP contribution in [0, 0.1) is 0 Å². The van der Waals surface area contributed by atoms with Gasteiger partial charge in [-0.2, -0.15) is 0 Å². The lowest BCUT2D eigenvalue weighted by Crippen LogP contribution is -2.30. The van der Waals surface area contributed by atoms with Crippen LogP contribution in [0.4, 0.5) is 11.5 Å². The van der Waals surface area contributed by atoms with Crippen molar-refractivity contribution in [2.24, 2.45) is 0 Å². The zero-order valence-corrected chi connectivity index (χ0v) is 16.9. The van der Waals surface area contributed by atoms with E-state index in [2.05, 4.69) is 30.9 Å². The SMILES string of the molecule is COc1ncc(-c2cnc(N)c(C(=O)Cc3ccccc3N3CCCCC3)n2)cn1. The standard InChI is InChI=1S/C22H24N6O2/c1-30-22-25-12-16(13-26-22)17-14-24-21(23)20(27-17)19(29)11-15-7-3-4-8-18(15)28-9-5-2-6-10-28/h3-4,7-8,12-14H,2,5-6,9-11H2,1H3,(H2,23,24). The first kappa shape index (κ1) is 19.8. The molecule has 0 atom stereocenters. The number of ether oxygens (including phenoxy) is 1. The van der Waals surface area contributed by atoms with Crippen molar-refractivity contribution in [2.75, 3.05) is 30.8 Å². The number of benzene rings is 1. The second kappa shape index (κ2) is 8.86. The number of hydrogen-bond donors (Lipinski definition) is 1. The fourth-order valence-electron chi connectivity index (χ4n) is 3.66. The average Bonchev–Trinajstić information content (AvgIpc) is 2.80. The Hall–Kier alpha value is -3.55. The number of nitrogens with zero attached hydrogens (tertiary/aromatic N) is 5. The normalized spacial score (nSPS) is 13.8. The van der Waals surface area contributed by atoms with Crippen LogP contribution in [-0.4, -0.2) is 45.9 Å². The third-order valence-electron chi connectivity index (χ3n) is 5.21. The van der Waals surface area contributed by atoms with Crippen molar-refractivity contribution in [1.82, 2.24) is 19.9 Å². The number of carbonyl (C=O) groups excluding carboxylic acids is 1. The van der Waals surface area contributed by atoms with Gasteiger partial charge in [0, 0.05) is 43.2 Å². The average molecular weight is 404 g/mol. The van der Waals surface area contributed by atoms with Crippen LogP contribution in [0.25, 0.3) is 11.3 Å². The zero-order chi connectivity index (χ0) is 20.9. The van der Waals surface area contributed by atoms with Crippen molar-refractivity contribution >= 4 is 17.3 Å². The molecule has 154 valence electrons. The lowest BCUT2D eigenvalue weighted by Gasteiger charge is -2.30. The number of nitrogens with two attached hydrogens (primary N) is 1. The predicted molar refractivity (Wildman–Crippen MR) is 115 cm³/mol. The molecule has 0 aliphatic carbocycles. The first-order valence-corrected chi connectivity index (χ1v) is 10.0. The molecule has 1 aromatic carbocycles. The van der Waals surface area contributed by atoms with E-state index in [1.165, 1.54) is 32.6 Å². The molecule has 0 spiro atoms. The number of piperidine rings is 1. The Morgan fingerprint density at radius 2 is 1.80 bits per heavy atom. The van der Waals surface area contributed by atoms with E-state index in [1.54, 1.807) is 12.4 Å². The van der Waals surface area contributed by atoms with Gasteiger partial charge in [-0.25, -0.2) is 19.9 Å². The lowest BCUT2D eigenvalue weighted by molar-refractivity contribution is 0.0989. The summed E-state index contributed by atoms with van der Waals surface area (Å²) in [6, 6.07) is 8.29. The van der Waals surface area contributed by atoms with Crippen molar-refractivity contribution in [1.29, 1.82) is 0 Å². The van der Waals surface area contributed by atoms with Crippen molar-refractivity contribution in [2.45, 2.75) is 25.7 Å². The summed E-state index contributed by atoms with van der Waals surface area (Å²) in [6.45, 7) is 2.03. The first-order chi connectivity index (χ1) is 14.7. The van der Waals surface area contributed by atoms with Crippen LogP contribution in [0.15, 0.2) is 42.9 Å². The molecule has 0 amide bonds. The lowest BCUT2D eigenvalue weighted by atomic mass is 10.0. The van der Waals surface area contributed by atoms with Gasteiger partial charge in [0.25, 0.3) is 0 Å². The summed E-state index contributed by atoms with van der Waals surface area (Å²) in [6.07, 6.45) is 8.48. The van der Waals surface area contributed by atoms with Gasteiger partial charge in [0.2, 0.25) is 0 Å². The molecule has 4 rings (SSSR count). The highest BCUT2D eigenvalue weighted by Gasteiger charge is 2.20. The van der Waals surface area contributed by atoms with E-state index in [0.717, 1.165) is 24.3 Å². The van der Waals surface area contributed by atoms with Crippen molar-refractivity contribution < 1.29 is 9.53 Å². The summed E-state index contributed by atoms with van der Waals surface area (Å²) >= 11 is 0. The number of nitrogen functional groups attached to an aromatic ring is 1. The molecule has 3 aromatic rings. The Labute approximate surface area is 175 Å². The van der Waals surface area contributed by atoms with E-state index in [9.17, 15) is 4.79 Å². The zero-order valence-electron chi connectivity index (χ0n) is 16.9. The summed E-state index contributed by atoms with van der Waals surface area (Å²) < 4.78 is 4.98. The minimum Gasteiger partial charge on any atom is -0.467 e. The highest BCUT2D eigenvalue weighted by molar-refractivity contribution is 6.00. The molecule has 0 saturated carbocycles. The van der Waals surface area contributed by atoms with Crippen LogP contribution in [0.5, 0.6) is 6.01 Å². The number of rotatable bonds is 6. The monoisotopic (exact) mass is 404 g/mol. The summed E-state index contributed by atoms with van der Waals surface area (Å²) in [5, 5.41) is 0. The van der Waals surface area contributed by atoms with Crippen molar-refractivity contribution in [3.8, 4) is 17.3 Å². The van der Waals surface area contributed by atoms with Crippen LogP contribution in [-0.2, 0) is 6.42 Å². The topological polar surface area (TPSA) is 107 Å². The Balaban J connectivity index is 1.59. The predicted octanol–water partition coefficient (Wildman–Crippen LogP) is 2.94. The van der Waals surface area contributed by atoms with E-state index in [0.29, 0.717) is 11.3 Å². The van der Waals surface area contributed by atoms with E-state index in [1.807, 2.05) is 18.2 Å². The maximum atomic E-state index is 13.1. The minimum atomic E-state index is -0.166. The van der Waals surface area contributed by atoms with Gasteiger partial charge in [-0.15, -0.1) is 0 Å². The Kier molecular flexibility index (Phi) is 5.83. The molecule has 0 bridgehead atoms. The molecule has 1 aliphatic rings. The Morgan fingerprint density at radius 1 is 1.07 bits per heavy atom. The van der Waals surface area contributed by atoms with Crippen LogP contribution in [0.2, 0.25) is 0 Å². The number of methoxy groups -OCH3 is 1. The van der Waals surface area contributed by atoms with Gasteiger partial charge < -0.3 is 15.4 Å². The number of Topliss-reactive ketones (excluding diaryl/α,β-unsaturated/α-hetero) is 1. The molecule has 1 aliphatic heterocycles. The van der Waals surface area contributed by atoms with E-state index >= 15 is 0 Å². The van der Waals surface area contributed by atoms with Crippen LogP contribution in [0.1, 0.15) is 35.3 Å². The fourth-order valence-corrected chi connectivity index (χ4v) is 3.66. The summed E-state index contributed by atoms with van der Waals surface area (Å²) in [5.41, 5.74) is 9.36. The summed E-state index contributed by atoms with van der Waals surface area (Å²) in [5.74, 6) is -0.0469. The van der Waals surface area contributed by atoms with Crippen LogP contribution in [0.3, 0.4) is 0 Å². The molecule has 0 unspecified atom stereocenters. The van der Waals surface area contributed by atoms with Gasteiger partial charge in [-0.05, 0) is 30.9 Å². The first-order valence-electron chi connectivity index (χ1n) is 10.0. The highest BCUT2D eigenvalue weighted by Crippen LogP contribution is 2.26. The molecule has 8 heteroatoms. The van der Waals surface area contributed by atoms with Gasteiger partial charge in [-0.3, -0.25) is 4.79 Å². The second-order valence-electron chi connectivity index (χ2n) is 7.22. The van der Waals surface area contributed by atoms with Gasteiger partial charge in [0.1, 0.15) is 5.69 Å². The maximum absolute atomic E-state index is 13.1. The molecular formula is C22H24N6O2. The fraction of sp³-hybridized carbons (Fsp3) is 0.318. The molecular weight excluding hydrogens is 380 g/mol. The number of anilines is 2. The molecule has 2 aromatic heterocycles. The van der Waals surface area contributed by atoms with E-state index in [4.69, 9.17) is 10.5 Å². The van der Waals surface area contributed by atoms with Gasteiger partial charge in [-0.1, -0.05) is 18.2 Å². The van der Waals surface area contributed by atoms with Crippen LogP contribution < -0.4 is 15.4 Å². The molecule has 0 radical (unpaired) electrons. The highest BCUT2D eigenvalue weighted by atomic mass is 16.5. The molecule has 30 heavy (non-hydrogen) atoms. The number of ketones is 1. The smallest absolute Gasteiger partial charge is 0.316 e. The van der Waals surface area contributed by atoms with Gasteiger partial charge in [0.05, 0.1) is 19.0 Å². The summed E-state index contributed by atoms with van der Waals surface area (Å²) in [7, 11) is 1.50. The number of aromatic nitrogens is 4. The third kappa shape index (κ3) is 4.22. The molecule has 1 saturated heterocycles.